The molecule has 64 heavy (non-hydrogen) atoms. The summed E-state index contributed by atoms with van der Waals surface area (Å²) >= 11 is 0. The average molecular weight is 865 g/mol. The third-order valence-electron chi connectivity index (χ3n) is 13.8. The number of carbonyl (C=O) groups is 4. The van der Waals surface area contributed by atoms with Crippen LogP contribution in [0.4, 0.5) is 4.39 Å². The van der Waals surface area contributed by atoms with Crippen LogP contribution in [0.2, 0.25) is 0 Å². The minimum atomic E-state index is -0.759. The Labute approximate surface area is 377 Å². The summed E-state index contributed by atoms with van der Waals surface area (Å²) in [5.74, 6) is -1.50. The number of rotatable bonds is 11. The van der Waals surface area contributed by atoms with E-state index in [4.69, 9.17) is 0 Å². The fourth-order valence-corrected chi connectivity index (χ4v) is 10.6. The summed E-state index contributed by atoms with van der Waals surface area (Å²) in [6, 6.07) is 33.6. The fourth-order valence-electron chi connectivity index (χ4n) is 10.6. The summed E-state index contributed by atoms with van der Waals surface area (Å²) in [4.78, 5) is 67.2. The topological polar surface area (TPSA) is 105 Å². The lowest BCUT2D eigenvalue weighted by molar-refractivity contribution is -0.135. The Morgan fingerprint density at radius 2 is 1.17 bits per heavy atom. The van der Waals surface area contributed by atoms with Crippen LogP contribution in [-0.2, 0) is 33.9 Å². The van der Waals surface area contributed by atoms with Gasteiger partial charge in [0.05, 0.1) is 40.7 Å². The second-order valence-electron chi connectivity index (χ2n) is 19.3. The maximum absolute atomic E-state index is 15.1. The SMILES string of the molecule is CC(C)C1C2=C(NC(CC(C)C3C4=C(NCCN3C(=O)c3ccc(F)cc3)C(C)(C)N(Cc3ccccc3)C4=O)CN1C(=O)Cc1ccccc1)C(C)(C)N(Cc1ccccc1)C2=O. The molecule has 4 atom stereocenters. The second-order valence-corrected chi connectivity index (χ2v) is 19.3. The first-order valence-electron chi connectivity index (χ1n) is 22.7. The Morgan fingerprint density at radius 1 is 0.672 bits per heavy atom. The Balaban J connectivity index is 1.21. The highest BCUT2D eigenvalue weighted by molar-refractivity contribution is 6.02. The van der Waals surface area contributed by atoms with Crippen molar-refractivity contribution in [1.82, 2.24) is 30.2 Å². The molecule has 0 saturated heterocycles. The summed E-state index contributed by atoms with van der Waals surface area (Å²) in [6.45, 7) is 16.3. The van der Waals surface area contributed by atoms with Crippen molar-refractivity contribution in [2.45, 2.75) is 104 Å². The highest BCUT2D eigenvalue weighted by Crippen LogP contribution is 2.44. The molecule has 0 aromatic heterocycles. The fraction of sp³-hybridized carbons (Fsp3) is 0.396. The molecule has 334 valence electrons. The van der Waals surface area contributed by atoms with E-state index in [0.717, 1.165) is 28.1 Å². The molecule has 0 bridgehead atoms. The minimum Gasteiger partial charge on any atom is -0.384 e. The van der Waals surface area contributed by atoms with Crippen molar-refractivity contribution < 1.29 is 23.6 Å². The Kier molecular flexibility index (Phi) is 12.3. The van der Waals surface area contributed by atoms with E-state index < -0.39 is 29.0 Å². The summed E-state index contributed by atoms with van der Waals surface area (Å²) in [5.41, 5.74) is 4.47. The molecule has 8 rings (SSSR count). The summed E-state index contributed by atoms with van der Waals surface area (Å²) in [5, 5.41) is 7.50. The maximum Gasteiger partial charge on any atom is 0.254 e. The first-order valence-corrected chi connectivity index (χ1v) is 22.7. The van der Waals surface area contributed by atoms with E-state index in [1.54, 1.807) is 4.90 Å². The predicted octanol–water partition coefficient (Wildman–Crippen LogP) is 7.48. The van der Waals surface area contributed by atoms with E-state index in [1.807, 2.05) is 120 Å². The number of halogens is 1. The van der Waals surface area contributed by atoms with Crippen molar-refractivity contribution in [3.8, 4) is 0 Å². The number of hydrogen-bond acceptors (Lipinski definition) is 6. The van der Waals surface area contributed by atoms with Gasteiger partial charge in [-0.1, -0.05) is 112 Å². The number of amides is 4. The van der Waals surface area contributed by atoms with Crippen molar-refractivity contribution in [2.24, 2.45) is 11.8 Å². The first kappa shape index (κ1) is 44.4. The smallest absolute Gasteiger partial charge is 0.254 e. The third kappa shape index (κ3) is 8.32. The molecule has 4 heterocycles. The zero-order valence-corrected chi connectivity index (χ0v) is 38.1. The molecule has 4 aromatic carbocycles. The summed E-state index contributed by atoms with van der Waals surface area (Å²) in [6.07, 6.45) is 0.617. The quantitative estimate of drug-likeness (QED) is 0.162. The molecule has 4 aliphatic rings. The van der Waals surface area contributed by atoms with E-state index >= 15 is 4.79 Å². The van der Waals surface area contributed by atoms with Crippen molar-refractivity contribution in [1.29, 1.82) is 0 Å². The normalized spacial score (nSPS) is 22.2. The monoisotopic (exact) mass is 864 g/mol. The van der Waals surface area contributed by atoms with Gasteiger partial charge < -0.3 is 30.2 Å². The zero-order valence-electron chi connectivity index (χ0n) is 38.1. The van der Waals surface area contributed by atoms with Crippen LogP contribution < -0.4 is 10.6 Å². The molecule has 10 nitrogen and oxygen atoms in total. The standard InChI is InChI=1S/C53H61FN6O4/c1-34(2)45-43-48(53(6,7)60(50(43)63)32-38-21-15-10-16-22-38)56-41(33-58(45)42(61)30-36-17-11-8-12-18-36)29-35(3)46-44-47(52(4,5)59(51(44)64)31-37-19-13-9-14-20-37)55-27-28-57(46)49(62)39-23-25-40(54)26-24-39/h8-26,34-35,41,45-46,55-56H,27-33H2,1-7H3. The molecular formula is C53H61FN6O4. The lowest BCUT2D eigenvalue weighted by atomic mass is 9.85. The predicted molar refractivity (Wildman–Crippen MR) is 247 cm³/mol. The van der Waals surface area contributed by atoms with Gasteiger partial charge in [0.1, 0.15) is 5.82 Å². The lowest BCUT2D eigenvalue weighted by Gasteiger charge is -2.41. The second kappa shape index (κ2) is 17.7. The van der Waals surface area contributed by atoms with Gasteiger partial charge in [0.2, 0.25) is 5.91 Å². The Morgan fingerprint density at radius 3 is 1.70 bits per heavy atom. The average Bonchev–Trinajstić information content (AvgIpc) is 3.45. The van der Waals surface area contributed by atoms with Crippen LogP contribution in [0.25, 0.3) is 0 Å². The lowest BCUT2D eigenvalue weighted by Crippen LogP contribution is -2.54. The van der Waals surface area contributed by atoms with Crippen LogP contribution in [0.15, 0.2) is 138 Å². The van der Waals surface area contributed by atoms with E-state index in [0.29, 0.717) is 55.9 Å². The van der Waals surface area contributed by atoms with Gasteiger partial charge >= 0.3 is 0 Å². The van der Waals surface area contributed by atoms with Gasteiger partial charge in [-0.3, -0.25) is 19.2 Å². The number of nitrogens with one attached hydrogen (secondary N) is 2. The summed E-state index contributed by atoms with van der Waals surface area (Å²) in [7, 11) is 0. The molecule has 0 fully saturated rings. The molecule has 4 unspecified atom stereocenters. The first-order chi connectivity index (χ1) is 30.6. The van der Waals surface area contributed by atoms with Crippen LogP contribution >= 0.6 is 0 Å². The number of benzene rings is 4. The minimum absolute atomic E-state index is 0.0775. The van der Waals surface area contributed by atoms with Crippen LogP contribution in [0.5, 0.6) is 0 Å². The van der Waals surface area contributed by atoms with Crippen molar-refractivity contribution in [3.05, 3.63) is 166 Å². The molecule has 0 saturated carbocycles. The van der Waals surface area contributed by atoms with Gasteiger partial charge in [-0.15, -0.1) is 0 Å². The highest BCUT2D eigenvalue weighted by Gasteiger charge is 2.54. The summed E-state index contributed by atoms with van der Waals surface area (Å²) < 4.78 is 14.2. The molecule has 0 aliphatic carbocycles. The number of carbonyl (C=O) groups excluding carboxylic acids is 4. The van der Waals surface area contributed by atoms with Gasteiger partial charge in [0.15, 0.2) is 0 Å². The number of nitrogens with zero attached hydrogens (tertiary/aromatic N) is 4. The maximum atomic E-state index is 15.1. The van der Waals surface area contributed by atoms with Gasteiger partial charge in [-0.05, 0) is 86.9 Å². The van der Waals surface area contributed by atoms with Crippen LogP contribution in [0.3, 0.4) is 0 Å². The van der Waals surface area contributed by atoms with Gasteiger partial charge in [-0.25, -0.2) is 4.39 Å². The molecular weight excluding hydrogens is 804 g/mol. The molecule has 2 N–H and O–H groups in total. The van der Waals surface area contributed by atoms with E-state index in [1.165, 1.54) is 24.3 Å². The molecule has 4 aromatic rings. The van der Waals surface area contributed by atoms with Crippen LogP contribution in [0, 0.1) is 17.7 Å². The molecule has 0 radical (unpaired) electrons. The van der Waals surface area contributed by atoms with Crippen molar-refractivity contribution >= 4 is 23.6 Å². The molecule has 4 amide bonds. The van der Waals surface area contributed by atoms with E-state index in [2.05, 4.69) is 45.3 Å². The van der Waals surface area contributed by atoms with Gasteiger partial charge in [-0.2, -0.15) is 0 Å². The third-order valence-corrected chi connectivity index (χ3v) is 13.8. The Hall–Kier alpha value is -6.23. The van der Waals surface area contributed by atoms with Crippen LogP contribution in [0.1, 0.15) is 81.9 Å². The molecule has 0 spiro atoms. The van der Waals surface area contributed by atoms with Crippen LogP contribution in [-0.4, -0.2) is 92.1 Å². The largest absolute Gasteiger partial charge is 0.384 e. The van der Waals surface area contributed by atoms with E-state index in [9.17, 15) is 18.8 Å². The zero-order chi connectivity index (χ0) is 45.5. The Bertz CT molecular complexity index is 2450. The molecule has 11 heteroatoms. The highest BCUT2D eigenvalue weighted by atomic mass is 19.1. The van der Waals surface area contributed by atoms with Gasteiger partial charge in [0.25, 0.3) is 17.7 Å². The number of hydrogen-bond donors (Lipinski definition) is 2. The van der Waals surface area contributed by atoms with Crippen molar-refractivity contribution in [2.75, 3.05) is 19.6 Å². The van der Waals surface area contributed by atoms with Gasteiger partial charge in [0, 0.05) is 55.7 Å². The van der Waals surface area contributed by atoms with E-state index in [-0.39, 0.29) is 47.9 Å². The molecule has 4 aliphatic heterocycles. The van der Waals surface area contributed by atoms with Crippen molar-refractivity contribution in [3.63, 3.8) is 0 Å².